The Morgan fingerprint density at radius 1 is 0.789 bits per heavy atom. The zero-order chi connectivity index (χ0) is 27.4. The Kier molecular flexibility index (Phi) is 15.4. The Morgan fingerprint density at radius 2 is 1.32 bits per heavy atom. The van der Waals surface area contributed by atoms with Gasteiger partial charge in [-0.2, -0.15) is 5.11 Å². The van der Waals surface area contributed by atoms with Crippen molar-refractivity contribution in [2.24, 2.45) is 10.2 Å². The lowest BCUT2D eigenvalue weighted by molar-refractivity contribution is -0.384. The second-order valence-electron chi connectivity index (χ2n) is 9.80. The summed E-state index contributed by atoms with van der Waals surface area (Å²) < 4.78 is 5.40. The van der Waals surface area contributed by atoms with E-state index in [0.717, 1.165) is 19.3 Å². The highest BCUT2D eigenvalue weighted by molar-refractivity contribution is 5.73. The van der Waals surface area contributed by atoms with Gasteiger partial charge < -0.3 is 9.84 Å². The fraction of sp³-hybridized carbons (Fsp3) is 0.567. The third-order valence-electron chi connectivity index (χ3n) is 6.50. The molecule has 2 aromatic carbocycles. The average molecular weight is 526 g/mol. The molecule has 0 unspecified atom stereocenters. The van der Waals surface area contributed by atoms with Crippen LogP contribution in [0.4, 0.5) is 17.1 Å². The van der Waals surface area contributed by atoms with Gasteiger partial charge in [0.15, 0.2) is 0 Å². The number of esters is 1. The highest BCUT2D eigenvalue weighted by atomic mass is 16.6. The molecule has 0 saturated carbocycles. The molecular weight excluding hydrogens is 482 g/mol. The monoisotopic (exact) mass is 525 g/mol. The number of carbonyl (C=O) groups is 1. The maximum absolute atomic E-state index is 12.2. The SMILES string of the molecule is CCCCCCCCCCCCCCCCCC(=O)Oc1ccc(O)c(N=Nc2ccc([N+](=O)[O-])cc2)c1. The number of carbonyl (C=O) groups excluding carboxylic acids is 1. The van der Waals surface area contributed by atoms with Gasteiger partial charge in [0.25, 0.3) is 5.69 Å². The van der Waals surface area contributed by atoms with Crippen LogP contribution in [0.5, 0.6) is 11.5 Å². The number of aromatic hydroxyl groups is 1. The summed E-state index contributed by atoms with van der Waals surface area (Å²) in [5.41, 5.74) is 0.487. The lowest BCUT2D eigenvalue weighted by Crippen LogP contribution is -2.07. The van der Waals surface area contributed by atoms with E-state index in [1.807, 2.05) is 0 Å². The maximum atomic E-state index is 12.2. The van der Waals surface area contributed by atoms with Gasteiger partial charge in [-0.1, -0.05) is 96.8 Å². The van der Waals surface area contributed by atoms with Crippen LogP contribution in [0.3, 0.4) is 0 Å². The minimum absolute atomic E-state index is 0.0465. The van der Waals surface area contributed by atoms with Gasteiger partial charge in [0.1, 0.15) is 17.2 Å². The van der Waals surface area contributed by atoms with Crippen LogP contribution in [0.1, 0.15) is 110 Å². The number of hydrogen-bond acceptors (Lipinski definition) is 7. The first-order valence-corrected chi connectivity index (χ1v) is 14.2. The van der Waals surface area contributed by atoms with Crippen molar-refractivity contribution in [3.8, 4) is 11.5 Å². The van der Waals surface area contributed by atoms with Gasteiger partial charge in [-0.05, 0) is 30.7 Å². The van der Waals surface area contributed by atoms with E-state index < -0.39 is 4.92 Å². The first-order chi connectivity index (χ1) is 18.5. The zero-order valence-corrected chi connectivity index (χ0v) is 22.8. The van der Waals surface area contributed by atoms with Gasteiger partial charge in [-0.3, -0.25) is 14.9 Å². The number of phenols is 1. The standard InChI is InChI=1S/C30H43N3O5/c1-2-3-4-5-6-7-8-9-10-11-12-13-14-15-16-17-30(35)38-27-22-23-29(34)28(24-27)32-31-25-18-20-26(21-19-25)33(36)37/h18-24,34H,2-17H2,1H3. The van der Waals surface area contributed by atoms with E-state index in [-0.39, 0.29) is 28.8 Å². The number of ether oxygens (including phenoxy) is 1. The van der Waals surface area contributed by atoms with Crippen LogP contribution in [0.25, 0.3) is 0 Å². The first-order valence-electron chi connectivity index (χ1n) is 14.2. The van der Waals surface area contributed by atoms with Crippen LogP contribution in [-0.2, 0) is 4.79 Å². The molecule has 2 aromatic rings. The van der Waals surface area contributed by atoms with Crippen LogP contribution in [0.2, 0.25) is 0 Å². The molecule has 0 amide bonds. The van der Waals surface area contributed by atoms with Gasteiger partial charge in [-0.25, -0.2) is 0 Å². The summed E-state index contributed by atoms with van der Waals surface area (Å²) in [7, 11) is 0. The summed E-state index contributed by atoms with van der Waals surface area (Å²) >= 11 is 0. The Hall–Kier alpha value is -3.29. The van der Waals surface area contributed by atoms with Gasteiger partial charge in [0.2, 0.25) is 0 Å². The molecule has 0 aliphatic heterocycles. The molecule has 0 aliphatic carbocycles. The molecule has 8 heteroatoms. The van der Waals surface area contributed by atoms with Crippen LogP contribution in [0, 0.1) is 10.1 Å². The molecule has 208 valence electrons. The Balaban J connectivity index is 1.57. The van der Waals surface area contributed by atoms with Crippen LogP contribution < -0.4 is 4.74 Å². The molecule has 0 fully saturated rings. The molecule has 38 heavy (non-hydrogen) atoms. The van der Waals surface area contributed by atoms with E-state index in [9.17, 15) is 20.0 Å². The van der Waals surface area contributed by atoms with Crippen molar-refractivity contribution in [3.63, 3.8) is 0 Å². The number of nitro groups is 1. The minimum atomic E-state index is -0.496. The maximum Gasteiger partial charge on any atom is 0.311 e. The van der Waals surface area contributed by atoms with E-state index in [4.69, 9.17) is 4.74 Å². The number of azo groups is 1. The van der Waals surface area contributed by atoms with Crippen LogP contribution in [-0.4, -0.2) is 16.0 Å². The third-order valence-corrected chi connectivity index (χ3v) is 6.50. The number of unbranched alkanes of at least 4 members (excludes halogenated alkanes) is 14. The predicted molar refractivity (Wildman–Crippen MR) is 151 cm³/mol. The van der Waals surface area contributed by atoms with Crippen molar-refractivity contribution in [2.75, 3.05) is 0 Å². The van der Waals surface area contributed by atoms with Crippen molar-refractivity contribution in [1.82, 2.24) is 0 Å². The minimum Gasteiger partial charge on any atom is -0.506 e. The summed E-state index contributed by atoms with van der Waals surface area (Å²) in [6.45, 7) is 2.26. The predicted octanol–water partition coefficient (Wildman–Crippen LogP) is 9.88. The summed E-state index contributed by atoms with van der Waals surface area (Å²) in [5, 5.41) is 28.7. The molecule has 0 bridgehead atoms. The fourth-order valence-electron chi connectivity index (χ4n) is 4.22. The van der Waals surface area contributed by atoms with Gasteiger partial charge in [-0.15, -0.1) is 5.11 Å². The van der Waals surface area contributed by atoms with E-state index in [1.165, 1.54) is 120 Å². The van der Waals surface area contributed by atoms with E-state index in [0.29, 0.717) is 12.1 Å². The van der Waals surface area contributed by atoms with E-state index >= 15 is 0 Å². The molecule has 0 heterocycles. The largest absolute Gasteiger partial charge is 0.506 e. The van der Waals surface area contributed by atoms with Gasteiger partial charge in [0.05, 0.1) is 10.6 Å². The normalized spacial score (nSPS) is 11.2. The van der Waals surface area contributed by atoms with Crippen molar-refractivity contribution in [3.05, 3.63) is 52.6 Å². The summed E-state index contributed by atoms with van der Waals surface area (Å²) in [5.74, 6) is -0.145. The number of rotatable bonds is 20. The lowest BCUT2D eigenvalue weighted by atomic mass is 10.0. The Morgan fingerprint density at radius 3 is 1.84 bits per heavy atom. The molecule has 0 aliphatic rings. The average Bonchev–Trinajstić information content (AvgIpc) is 2.91. The molecule has 8 nitrogen and oxygen atoms in total. The third kappa shape index (κ3) is 13.3. The molecule has 0 spiro atoms. The van der Waals surface area contributed by atoms with Crippen molar-refractivity contribution in [1.29, 1.82) is 0 Å². The second kappa shape index (κ2) is 18.9. The number of nitro benzene ring substituents is 1. The molecule has 0 saturated heterocycles. The van der Waals surface area contributed by atoms with Crippen molar-refractivity contribution in [2.45, 2.75) is 110 Å². The molecular formula is C30H43N3O5. The number of non-ortho nitro benzene ring substituents is 1. The quantitative estimate of drug-likeness (QED) is 0.0461. The van der Waals surface area contributed by atoms with Gasteiger partial charge in [0, 0.05) is 24.6 Å². The second-order valence-corrected chi connectivity index (χ2v) is 9.80. The van der Waals surface area contributed by atoms with Gasteiger partial charge >= 0.3 is 5.97 Å². The number of nitrogens with zero attached hydrogens (tertiary/aromatic N) is 3. The topological polar surface area (TPSA) is 114 Å². The number of phenolic OH excluding ortho intramolecular Hbond substituents is 1. The van der Waals surface area contributed by atoms with Crippen LogP contribution >= 0.6 is 0 Å². The Bertz CT molecular complexity index is 992. The summed E-state index contributed by atoms with van der Waals surface area (Å²) in [4.78, 5) is 22.5. The number of benzene rings is 2. The van der Waals surface area contributed by atoms with E-state index in [2.05, 4.69) is 17.2 Å². The fourth-order valence-corrected chi connectivity index (χ4v) is 4.22. The van der Waals surface area contributed by atoms with E-state index in [1.54, 1.807) is 0 Å². The highest BCUT2D eigenvalue weighted by Crippen LogP contribution is 2.32. The smallest absolute Gasteiger partial charge is 0.311 e. The zero-order valence-electron chi connectivity index (χ0n) is 22.8. The molecule has 1 N–H and O–H groups in total. The van der Waals surface area contributed by atoms with Crippen LogP contribution in [0.15, 0.2) is 52.7 Å². The van der Waals surface area contributed by atoms with Crippen molar-refractivity contribution >= 4 is 23.0 Å². The number of hydrogen-bond donors (Lipinski definition) is 1. The van der Waals surface area contributed by atoms with Crippen molar-refractivity contribution < 1.29 is 19.6 Å². The molecule has 0 radical (unpaired) electrons. The molecule has 2 rings (SSSR count). The highest BCUT2D eigenvalue weighted by Gasteiger charge is 2.09. The summed E-state index contributed by atoms with van der Waals surface area (Å²) in [6, 6.07) is 9.90. The molecule has 0 aromatic heterocycles. The Labute approximate surface area is 226 Å². The lowest BCUT2D eigenvalue weighted by Gasteiger charge is -2.06. The summed E-state index contributed by atoms with van der Waals surface area (Å²) in [6.07, 6.45) is 19.4. The molecule has 0 atom stereocenters. The first kappa shape index (κ1) is 30.9.